The molecule has 1 aromatic rings. The van der Waals surface area contributed by atoms with Gasteiger partial charge in [-0.1, -0.05) is 43.0 Å². The van der Waals surface area contributed by atoms with Crippen LogP contribution in [0, 0.1) is 19.8 Å². The Morgan fingerprint density at radius 2 is 2.08 bits per heavy atom. The summed E-state index contributed by atoms with van der Waals surface area (Å²) in [5.41, 5.74) is 9.76. The minimum absolute atomic E-state index is 0.542. The van der Waals surface area contributed by atoms with Gasteiger partial charge in [0.15, 0.2) is 5.17 Å². The number of hydrogen-bond donors (Lipinski definition) is 2. The molecule has 1 aromatic carbocycles. The molecule has 0 radical (unpaired) electrons. The second-order valence-corrected chi connectivity index (χ2v) is 7.23. The molecule has 132 valence electrons. The van der Waals surface area contributed by atoms with Gasteiger partial charge in [-0.25, -0.2) is 5.43 Å². The lowest BCUT2D eigenvalue weighted by molar-refractivity contribution is 0.326. The van der Waals surface area contributed by atoms with Gasteiger partial charge in [0, 0.05) is 19.3 Å². The van der Waals surface area contributed by atoms with E-state index in [1.165, 1.54) is 36.0 Å². The molecule has 5 heteroatoms. The number of benzene rings is 1. The van der Waals surface area contributed by atoms with E-state index in [4.69, 9.17) is 9.73 Å². The molecule has 1 aliphatic carbocycles. The van der Waals surface area contributed by atoms with Gasteiger partial charge in [0.05, 0.1) is 0 Å². The molecule has 0 amide bonds. The average molecular weight is 348 g/mol. The summed E-state index contributed by atoms with van der Waals surface area (Å²) < 4.78 is 5.75. The van der Waals surface area contributed by atoms with Crippen molar-refractivity contribution in [2.75, 3.05) is 20.2 Å². The van der Waals surface area contributed by atoms with Crippen LogP contribution in [-0.4, -0.2) is 25.4 Å². The molecular weight excluding hydrogens is 318 g/mol. The smallest absolute Gasteiger partial charge is 0.171 e. The van der Waals surface area contributed by atoms with Gasteiger partial charge in [0.2, 0.25) is 0 Å². The van der Waals surface area contributed by atoms with Gasteiger partial charge < -0.3 is 10.2 Å². The van der Waals surface area contributed by atoms with Crippen molar-refractivity contribution in [2.45, 2.75) is 38.9 Å². The number of thioether (sulfide) groups is 1. The third-order valence-electron chi connectivity index (χ3n) is 4.19. The predicted molar refractivity (Wildman–Crippen MR) is 105 cm³/mol. The molecule has 0 aliphatic heterocycles. The number of nitrogens with one attached hydrogen (secondary N) is 2. The fourth-order valence-electron chi connectivity index (χ4n) is 2.76. The molecule has 1 saturated carbocycles. The fraction of sp³-hybridized carbons (Fsp3) is 0.526. The largest absolute Gasteiger partial charge is 0.489 e. The van der Waals surface area contributed by atoms with Crippen molar-refractivity contribution in [3.05, 3.63) is 41.5 Å². The van der Waals surface area contributed by atoms with Crippen molar-refractivity contribution in [3.63, 3.8) is 0 Å². The second-order valence-electron chi connectivity index (χ2n) is 6.26. The Labute approximate surface area is 150 Å². The summed E-state index contributed by atoms with van der Waals surface area (Å²) in [5, 5.41) is 0.965. The van der Waals surface area contributed by atoms with Crippen LogP contribution >= 0.6 is 11.8 Å². The molecule has 0 aromatic heterocycles. The van der Waals surface area contributed by atoms with Crippen LogP contribution in [-0.2, 0) is 5.75 Å². The lowest BCUT2D eigenvalue weighted by atomic mass is 9.86. The second kappa shape index (κ2) is 9.74. The number of hydrazine groups is 1. The molecule has 1 fully saturated rings. The standard InChI is InChI=1S/C19H29N3OS/c1-5-9-23-18-14(2)10-17(11-15(18)3)13-24-19(22-20-4)21-12-16-7-6-8-16/h5,10-11,16,20H,1,6-9,12-13H2,2-4H3,(H,21,22). The van der Waals surface area contributed by atoms with Gasteiger partial charge in [-0.05, 0) is 49.3 Å². The van der Waals surface area contributed by atoms with Crippen molar-refractivity contribution < 1.29 is 4.74 Å². The molecule has 0 heterocycles. The van der Waals surface area contributed by atoms with Crippen LogP contribution in [0.25, 0.3) is 0 Å². The average Bonchev–Trinajstić information content (AvgIpc) is 2.50. The fourth-order valence-corrected chi connectivity index (χ4v) is 3.57. The Balaban J connectivity index is 1.96. The van der Waals surface area contributed by atoms with E-state index in [9.17, 15) is 0 Å². The van der Waals surface area contributed by atoms with Gasteiger partial charge >= 0.3 is 0 Å². The molecule has 24 heavy (non-hydrogen) atoms. The summed E-state index contributed by atoms with van der Waals surface area (Å²) >= 11 is 1.74. The Kier molecular flexibility index (Phi) is 7.66. The number of ether oxygens (including phenoxy) is 1. The molecule has 4 nitrogen and oxygen atoms in total. The highest BCUT2D eigenvalue weighted by molar-refractivity contribution is 8.13. The van der Waals surface area contributed by atoms with Crippen LogP contribution in [0.2, 0.25) is 0 Å². The third kappa shape index (κ3) is 5.56. The normalized spacial score (nSPS) is 15.0. The minimum Gasteiger partial charge on any atom is -0.489 e. The van der Waals surface area contributed by atoms with Gasteiger partial charge in [-0.15, -0.1) is 0 Å². The number of amidine groups is 1. The molecule has 1 aliphatic rings. The van der Waals surface area contributed by atoms with Crippen LogP contribution in [0.3, 0.4) is 0 Å². The van der Waals surface area contributed by atoms with Crippen LogP contribution in [0.15, 0.2) is 29.8 Å². The van der Waals surface area contributed by atoms with Gasteiger partial charge in [0.25, 0.3) is 0 Å². The first kappa shape index (κ1) is 18.9. The van der Waals surface area contributed by atoms with E-state index in [1.807, 2.05) is 7.05 Å². The van der Waals surface area contributed by atoms with E-state index in [0.29, 0.717) is 6.61 Å². The number of aliphatic imine (C=N–C) groups is 1. The maximum Gasteiger partial charge on any atom is 0.171 e. The lowest BCUT2D eigenvalue weighted by Gasteiger charge is -2.23. The third-order valence-corrected chi connectivity index (χ3v) is 5.17. The maximum atomic E-state index is 5.75. The maximum absolute atomic E-state index is 5.75. The highest BCUT2D eigenvalue weighted by Gasteiger charge is 2.17. The molecule has 2 rings (SSSR count). The Morgan fingerprint density at radius 1 is 1.38 bits per heavy atom. The lowest BCUT2D eigenvalue weighted by Crippen LogP contribution is -2.33. The SMILES string of the molecule is C=CCOc1c(C)cc(CSC(=NCC2CCC2)NNC)cc1C. The Morgan fingerprint density at radius 3 is 2.62 bits per heavy atom. The van der Waals surface area contributed by atoms with Crippen molar-refractivity contribution >= 4 is 16.9 Å². The monoisotopic (exact) mass is 347 g/mol. The highest BCUT2D eigenvalue weighted by Crippen LogP contribution is 2.28. The Hall–Kier alpha value is -1.46. The van der Waals surface area contributed by atoms with Crippen molar-refractivity contribution in [2.24, 2.45) is 10.9 Å². The number of aryl methyl sites for hydroxylation is 2. The van der Waals surface area contributed by atoms with Crippen LogP contribution in [0.1, 0.15) is 36.0 Å². The molecule has 0 unspecified atom stereocenters. The van der Waals surface area contributed by atoms with E-state index in [-0.39, 0.29) is 0 Å². The first-order valence-corrected chi connectivity index (χ1v) is 9.56. The molecule has 0 spiro atoms. The molecule has 0 bridgehead atoms. The summed E-state index contributed by atoms with van der Waals surface area (Å²) in [5.74, 6) is 2.64. The first-order chi connectivity index (χ1) is 11.6. The quantitative estimate of drug-likeness (QED) is 0.323. The zero-order chi connectivity index (χ0) is 17.4. The summed E-state index contributed by atoms with van der Waals surface area (Å²) in [6, 6.07) is 4.39. The molecule has 0 atom stereocenters. The number of rotatable bonds is 8. The Bertz CT molecular complexity index is 559. The zero-order valence-corrected chi connectivity index (χ0v) is 15.8. The van der Waals surface area contributed by atoms with E-state index < -0.39 is 0 Å². The molecule has 0 saturated heterocycles. The molecule has 2 N–H and O–H groups in total. The van der Waals surface area contributed by atoms with Crippen molar-refractivity contribution in [1.29, 1.82) is 0 Å². The molecular formula is C19H29N3OS. The zero-order valence-electron chi connectivity index (χ0n) is 15.0. The van der Waals surface area contributed by atoms with E-state index in [1.54, 1.807) is 17.8 Å². The van der Waals surface area contributed by atoms with Gasteiger partial charge in [-0.3, -0.25) is 4.99 Å². The topological polar surface area (TPSA) is 45.6 Å². The predicted octanol–water partition coefficient (Wildman–Crippen LogP) is 3.98. The number of hydrogen-bond acceptors (Lipinski definition) is 4. The van der Waals surface area contributed by atoms with Gasteiger partial charge in [-0.2, -0.15) is 0 Å². The highest BCUT2D eigenvalue weighted by atomic mass is 32.2. The van der Waals surface area contributed by atoms with Crippen molar-refractivity contribution in [3.8, 4) is 5.75 Å². The summed E-state index contributed by atoms with van der Waals surface area (Å²) in [7, 11) is 1.87. The summed E-state index contributed by atoms with van der Waals surface area (Å²) in [6.07, 6.45) is 5.79. The summed E-state index contributed by atoms with van der Waals surface area (Å²) in [4.78, 5) is 4.72. The van der Waals surface area contributed by atoms with E-state index >= 15 is 0 Å². The van der Waals surface area contributed by atoms with Crippen LogP contribution in [0.5, 0.6) is 5.75 Å². The van der Waals surface area contributed by atoms with E-state index in [0.717, 1.165) is 29.1 Å². The van der Waals surface area contributed by atoms with Crippen molar-refractivity contribution in [1.82, 2.24) is 10.9 Å². The van der Waals surface area contributed by atoms with Crippen LogP contribution in [0.4, 0.5) is 0 Å². The summed E-state index contributed by atoms with van der Waals surface area (Å²) in [6.45, 7) is 9.37. The number of nitrogens with zero attached hydrogens (tertiary/aromatic N) is 1. The van der Waals surface area contributed by atoms with Crippen LogP contribution < -0.4 is 15.6 Å². The van der Waals surface area contributed by atoms with Gasteiger partial charge in [0.1, 0.15) is 12.4 Å². The van der Waals surface area contributed by atoms with E-state index in [2.05, 4.69) is 43.4 Å². The first-order valence-electron chi connectivity index (χ1n) is 8.57. The minimum atomic E-state index is 0.542.